The maximum atomic E-state index is 12.6. The van der Waals surface area contributed by atoms with Crippen molar-refractivity contribution >= 4 is 0 Å². The molecule has 0 aromatic heterocycles. The fourth-order valence-electron chi connectivity index (χ4n) is 2.59. The Labute approximate surface area is 101 Å². The third-order valence-electron chi connectivity index (χ3n) is 3.50. The molecule has 1 fully saturated rings. The van der Waals surface area contributed by atoms with E-state index in [1.165, 1.54) is 0 Å². The topological polar surface area (TPSA) is 20.2 Å². The highest BCUT2D eigenvalue weighted by Gasteiger charge is 2.51. The summed E-state index contributed by atoms with van der Waals surface area (Å²) in [6, 6.07) is 0. The summed E-state index contributed by atoms with van der Waals surface area (Å²) in [5.41, 5.74) is 0. The highest BCUT2D eigenvalue weighted by atomic mass is 19.4. The summed E-state index contributed by atoms with van der Waals surface area (Å²) >= 11 is 0. The van der Waals surface area contributed by atoms with Gasteiger partial charge in [0.1, 0.15) is 0 Å². The van der Waals surface area contributed by atoms with Crippen LogP contribution in [0.15, 0.2) is 0 Å². The lowest BCUT2D eigenvalue weighted by Crippen LogP contribution is -2.38. The molecule has 2 atom stereocenters. The Kier molecular flexibility index (Phi) is 4.91. The number of aliphatic hydroxyl groups is 1. The molecule has 1 nitrogen and oxygen atoms in total. The van der Waals surface area contributed by atoms with Gasteiger partial charge in [0, 0.05) is 6.61 Å². The summed E-state index contributed by atoms with van der Waals surface area (Å²) in [5.74, 6) is -4.35. The minimum atomic E-state index is -4.57. The minimum Gasteiger partial charge on any atom is -0.396 e. The van der Waals surface area contributed by atoms with Crippen LogP contribution in [-0.4, -0.2) is 24.1 Å². The van der Waals surface area contributed by atoms with Crippen molar-refractivity contribution in [3.05, 3.63) is 0 Å². The van der Waals surface area contributed by atoms with Crippen molar-refractivity contribution in [2.45, 2.75) is 44.5 Å². The molecule has 0 radical (unpaired) electrons. The molecule has 1 rings (SSSR count). The molecule has 1 aliphatic rings. The second-order valence-corrected chi connectivity index (χ2v) is 4.92. The summed E-state index contributed by atoms with van der Waals surface area (Å²) in [6.45, 7) is -0.204. The van der Waals surface area contributed by atoms with Crippen molar-refractivity contribution in [3.63, 3.8) is 0 Å². The number of halogens is 6. The number of aliphatic hydroxyl groups excluding tert-OH is 1. The van der Waals surface area contributed by atoms with Crippen LogP contribution in [-0.2, 0) is 0 Å². The molecule has 0 bridgehead atoms. The lowest BCUT2D eigenvalue weighted by molar-refractivity contribution is -0.228. The smallest absolute Gasteiger partial charge is 0.391 e. The van der Waals surface area contributed by atoms with E-state index in [0.29, 0.717) is 0 Å². The number of rotatable bonds is 3. The molecular weight excluding hydrogens is 262 g/mol. The first kappa shape index (κ1) is 15.6. The van der Waals surface area contributed by atoms with Crippen LogP contribution in [0.25, 0.3) is 0 Å². The van der Waals surface area contributed by atoms with Crippen LogP contribution in [0.5, 0.6) is 0 Å². The van der Waals surface area contributed by atoms with Gasteiger partial charge in [-0.25, -0.2) is 0 Å². The Morgan fingerprint density at radius 3 is 1.61 bits per heavy atom. The Bertz CT molecular complexity index is 237. The second-order valence-electron chi connectivity index (χ2n) is 4.92. The summed E-state index contributed by atoms with van der Waals surface area (Å²) < 4.78 is 75.5. The van der Waals surface area contributed by atoms with E-state index in [1.807, 2.05) is 0 Å². The zero-order valence-electron chi connectivity index (χ0n) is 9.69. The fourth-order valence-corrected chi connectivity index (χ4v) is 2.59. The molecule has 0 aromatic rings. The number of hydrogen-bond acceptors (Lipinski definition) is 1. The maximum absolute atomic E-state index is 12.6. The molecule has 0 saturated heterocycles. The quantitative estimate of drug-likeness (QED) is 0.776. The monoisotopic (exact) mass is 278 g/mol. The van der Waals surface area contributed by atoms with E-state index in [2.05, 4.69) is 0 Å². The molecule has 0 spiro atoms. The molecule has 1 aliphatic carbocycles. The van der Waals surface area contributed by atoms with Gasteiger partial charge < -0.3 is 5.11 Å². The van der Waals surface area contributed by atoms with Crippen molar-refractivity contribution < 1.29 is 31.4 Å². The summed E-state index contributed by atoms with van der Waals surface area (Å²) in [4.78, 5) is 0. The van der Waals surface area contributed by atoms with Crippen LogP contribution < -0.4 is 0 Å². The van der Waals surface area contributed by atoms with Crippen LogP contribution in [0, 0.1) is 17.8 Å². The van der Waals surface area contributed by atoms with E-state index < -0.39 is 36.5 Å². The van der Waals surface area contributed by atoms with Crippen LogP contribution in [0.3, 0.4) is 0 Å². The van der Waals surface area contributed by atoms with Gasteiger partial charge in [-0.1, -0.05) is 0 Å². The fraction of sp³-hybridized carbons (Fsp3) is 1.00. The third-order valence-corrected chi connectivity index (χ3v) is 3.50. The van der Waals surface area contributed by atoms with Gasteiger partial charge in [0.05, 0.1) is 11.8 Å². The molecule has 0 amide bonds. The van der Waals surface area contributed by atoms with Gasteiger partial charge in [-0.2, -0.15) is 26.3 Å². The van der Waals surface area contributed by atoms with Gasteiger partial charge in [-0.05, 0) is 38.0 Å². The molecule has 2 unspecified atom stereocenters. The summed E-state index contributed by atoms with van der Waals surface area (Å²) in [5, 5.41) is 8.60. The van der Waals surface area contributed by atoms with Gasteiger partial charge in [0.25, 0.3) is 0 Å². The van der Waals surface area contributed by atoms with E-state index in [0.717, 1.165) is 0 Å². The normalized spacial score (nSPS) is 30.5. The molecule has 0 heterocycles. The Morgan fingerprint density at radius 1 is 0.833 bits per heavy atom. The Hall–Kier alpha value is -0.460. The van der Waals surface area contributed by atoms with Crippen molar-refractivity contribution in [3.8, 4) is 0 Å². The van der Waals surface area contributed by atoms with Gasteiger partial charge >= 0.3 is 12.4 Å². The zero-order valence-corrected chi connectivity index (χ0v) is 9.69. The van der Waals surface area contributed by atoms with E-state index in [9.17, 15) is 26.3 Å². The molecule has 108 valence electrons. The van der Waals surface area contributed by atoms with Crippen LogP contribution >= 0.6 is 0 Å². The first-order chi connectivity index (χ1) is 8.14. The molecule has 7 heteroatoms. The predicted octanol–water partition coefficient (Wildman–Crippen LogP) is 3.92. The van der Waals surface area contributed by atoms with Crippen molar-refractivity contribution in [1.82, 2.24) is 0 Å². The SMILES string of the molecule is OCCCC1CC(C(F)(F)F)CC(C(F)(F)F)C1. The Balaban J connectivity index is 2.73. The largest absolute Gasteiger partial charge is 0.396 e. The first-order valence-electron chi connectivity index (χ1n) is 5.89. The molecule has 18 heavy (non-hydrogen) atoms. The predicted molar refractivity (Wildman–Crippen MR) is 52.8 cm³/mol. The van der Waals surface area contributed by atoms with Crippen molar-refractivity contribution in [2.75, 3.05) is 6.61 Å². The van der Waals surface area contributed by atoms with E-state index in [-0.39, 0.29) is 32.3 Å². The summed E-state index contributed by atoms with van der Waals surface area (Å²) in [7, 11) is 0. The first-order valence-corrected chi connectivity index (χ1v) is 5.89. The minimum absolute atomic E-state index is 0.204. The highest BCUT2D eigenvalue weighted by Crippen LogP contribution is 2.48. The third kappa shape index (κ3) is 4.33. The maximum Gasteiger partial charge on any atom is 0.391 e. The molecular formula is C11H16F6O. The highest BCUT2D eigenvalue weighted by molar-refractivity contribution is 4.85. The van der Waals surface area contributed by atoms with Gasteiger partial charge in [-0.3, -0.25) is 0 Å². The van der Waals surface area contributed by atoms with Gasteiger partial charge in [0.15, 0.2) is 0 Å². The van der Waals surface area contributed by atoms with Crippen LogP contribution in [0.2, 0.25) is 0 Å². The van der Waals surface area contributed by atoms with E-state index in [4.69, 9.17) is 5.11 Å². The Morgan fingerprint density at radius 2 is 1.28 bits per heavy atom. The zero-order chi connectivity index (χ0) is 14.0. The van der Waals surface area contributed by atoms with Gasteiger partial charge in [-0.15, -0.1) is 0 Å². The van der Waals surface area contributed by atoms with Crippen LogP contribution in [0.1, 0.15) is 32.1 Å². The number of alkyl halides is 6. The standard InChI is InChI=1S/C11H16F6O/c12-10(13,14)8-4-7(2-1-3-18)5-9(6-8)11(15,16)17/h7-9,18H,1-6H2. The molecule has 0 aromatic carbocycles. The van der Waals surface area contributed by atoms with E-state index >= 15 is 0 Å². The second kappa shape index (κ2) is 5.67. The van der Waals surface area contributed by atoms with Crippen molar-refractivity contribution in [2.24, 2.45) is 17.8 Å². The van der Waals surface area contributed by atoms with Gasteiger partial charge in [0.2, 0.25) is 0 Å². The lowest BCUT2D eigenvalue weighted by Gasteiger charge is -2.36. The van der Waals surface area contributed by atoms with E-state index in [1.54, 1.807) is 0 Å². The molecule has 0 aliphatic heterocycles. The lowest BCUT2D eigenvalue weighted by atomic mass is 9.73. The summed E-state index contributed by atoms with van der Waals surface area (Å²) in [6.07, 6.45) is -10.0. The van der Waals surface area contributed by atoms with Crippen molar-refractivity contribution in [1.29, 1.82) is 0 Å². The van der Waals surface area contributed by atoms with Crippen LogP contribution in [0.4, 0.5) is 26.3 Å². The molecule has 1 N–H and O–H groups in total. The molecule has 1 saturated carbocycles. The average molecular weight is 278 g/mol. The average Bonchev–Trinajstić information content (AvgIpc) is 2.23. The number of hydrogen-bond donors (Lipinski definition) is 1.